The number of nitrogens with zero attached hydrogens (tertiary/aromatic N) is 4. The monoisotopic (exact) mass is 439 g/mol. The van der Waals surface area contributed by atoms with E-state index in [0.29, 0.717) is 5.96 Å². The molecule has 22 heavy (non-hydrogen) atoms. The van der Waals surface area contributed by atoms with Gasteiger partial charge in [0.1, 0.15) is 0 Å². The van der Waals surface area contributed by atoms with Gasteiger partial charge in [-0.05, 0) is 20.3 Å². The molecule has 1 fully saturated rings. The van der Waals surface area contributed by atoms with Crippen LogP contribution < -0.4 is 10.6 Å². The molecule has 1 saturated heterocycles. The maximum absolute atomic E-state index is 6.06. The average Bonchev–Trinajstić information content (AvgIpc) is 3.01. The highest BCUT2D eigenvalue weighted by molar-refractivity contribution is 14.0. The van der Waals surface area contributed by atoms with Gasteiger partial charge in [-0.2, -0.15) is 0 Å². The third-order valence-electron chi connectivity index (χ3n) is 3.32. The van der Waals surface area contributed by atoms with Gasteiger partial charge in [0.2, 0.25) is 0 Å². The van der Waals surface area contributed by atoms with Crippen molar-refractivity contribution in [2.24, 2.45) is 10.7 Å². The third kappa shape index (κ3) is 6.25. The Morgan fingerprint density at radius 1 is 1.41 bits per heavy atom. The molecule has 0 saturated carbocycles. The zero-order valence-corrected chi connectivity index (χ0v) is 16.4. The molecule has 0 unspecified atom stereocenters. The fraction of sp³-hybridized carbons (Fsp3) is 0.714. The summed E-state index contributed by atoms with van der Waals surface area (Å²) in [6, 6.07) is 0. The molecule has 0 aliphatic carbocycles. The van der Waals surface area contributed by atoms with Crippen LogP contribution in [0.5, 0.6) is 0 Å². The van der Waals surface area contributed by atoms with Crippen molar-refractivity contribution < 1.29 is 4.74 Å². The van der Waals surface area contributed by atoms with Gasteiger partial charge in [-0.25, -0.2) is 4.98 Å². The third-order valence-corrected chi connectivity index (χ3v) is 4.15. The molecule has 126 valence electrons. The van der Waals surface area contributed by atoms with Crippen LogP contribution in [0.15, 0.2) is 16.6 Å². The Morgan fingerprint density at radius 3 is 2.73 bits per heavy atom. The molecule has 1 aromatic heterocycles. The Hall–Kier alpha value is -0.610. The van der Waals surface area contributed by atoms with E-state index in [1.165, 1.54) is 0 Å². The summed E-state index contributed by atoms with van der Waals surface area (Å²) in [7, 11) is 0. The van der Waals surface area contributed by atoms with E-state index >= 15 is 0 Å². The zero-order chi connectivity index (χ0) is 15.1. The van der Waals surface area contributed by atoms with E-state index in [1.54, 1.807) is 11.3 Å². The standard InChI is InChI=1S/C14H25N5OS.HI/c1-12(2)20-10-3-4-16-13(15)18-6-8-19(9-7-18)14-17-5-11-21-14;/h5,11-12H,3-4,6-10H2,1-2H3,(H2,15,16);1H. The molecule has 0 amide bonds. The van der Waals surface area contributed by atoms with Gasteiger partial charge in [0.05, 0.1) is 6.10 Å². The molecular weight excluding hydrogens is 413 g/mol. The molecule has 0 bridgehead atoms. The maximum Gasteiger partial charge on any atom is 0.191 e. The molecule has 8 heteroatoms. The summed E-state index contributed by atoms with van der Waals surface area (Å²) in [5, 5.41) is 3.10. The van der Waals surface area contributed by atoms with Crippen LogP contribution in [0.2, 0.25) is 0 Å². The van der Waals surface area contributed by atoms with E-state index in [9.17, 15) is 0 Å². The number of hydrogen-bond acceptors (Lipinski definition) is 5. The number of ether oxygens (including phenoxy) is 1. The Bertz CT molecular complexity index is 432. The molecular formula is C14H26IN5OS. The van der Waals surface area contributed by atoms with Crippen LogP contribution in [-0.2, 0) is 4.74 Å². The van der Waals surface area contributed by atoms with Crippen molar-refractivity contribution in [3.05, 3.63) is 11.6 Å². The van der Waals surface area contributed by atoms with Crippen LogP contribution in [0.25, 0.3) is 0 Å². The molecule has 2 rings (SSSR count). The first kappa shape index (κ1) is 19.4. The summed E-state index contributed by atoms with van der Waals surface area (Å²) in [4.78, 5) is 13.2. The molecule has 0 atom stereocenters. The van der Waals surface area contributed by atoms with Gasteiger partial charge in [0.15, 0.2) is 11.1 Å². The van der Waals surface area contributed by atoms with E-state index in [-0.39, 0.29) is 30.1 Å². The van der Waals surface area contributed by atoms with E-state index in [4.69, 9.17) is 10.5 Å². The maximum atomic E-state index is 6.06. The van der Waals surface area contributed by atoms with Gasteiger partial charge < -0.3 is 20.3 Å². The first-order valence-corrected chi connectivity index (χ1v) is 8.35. The highest BCUT2D eigenvalue weighted by atomic mass is 127. The normalized spacial score (nSPS) is 16.0. The Morgan fingerprint density at radius 2 is 2.14 bits per heavy atom. The molecule has 1 aliphatic heterocycles. The highest BCUT2D eigenvalue weighted by Crippen LogP contribution is 2.18. The minimum absolute atomic E-state index is 0. The predicted molar refractivity (Wildman–Crippen MR) is 104 cm³/mol. The summed E-state index contributed by atoms with van der Waals surface area (Å²) >= 11 is 1.68. The number of aliphatic imine (C=N–C) groups is 1. The zero-order valence-electron chi connectivity index (χ0n) is 13.3. The lowest BCUT2D eigenvalue weighted by atomic mass is 10.3. The summed E-state index contributed by atoms with van der Waals surface area (Å²) in [5.41, 5.74) is 6.06. The van der Waals surface area contributed by atoms with Crippen LogP contribution in [0.4, 0.5) is 5.13 Å². The van der Waals surface area contributed by atoms with Gasteiger partial charge in [-0.15, -0.1) is 35.3 Å². The van der Waals surface area contributed by atoms with E-state index in [0.717, 1.165) is 50.9 Å². The Balaban J connectivity index is 0.00000242. The average molecular weight is 439 g/mol. The van der Waals surface area contributed by atoms with Crippen molar-refractivity contribution in [3.63, 3.8) is 0 Å². The van der Waals surface area contributed by atoms with E-state index in [1.807, 2.05) is 25.4 Å². The molecule has 2 N–H and O–H groups in total. The quantitative estimate of drug-likeness (QED) is 0.318. The number of aromatic nitrogens is 1. The van der Waals surface area contributed by atoms with E-state index in [2.05, 4.69) is 19.8 Å². The predicted octanol–water partition coefficient (Wildman–Crippen LogP) is 2.01. The van der Waals surface area contributed by atoms with Crippen LogP contribution in [0.1, 0.15) is 20.3 Å². The van der Waals surface area contributed by atoms with Crippen molar-refractivity contribution >= 4 is 46.4 Å². The number of anilines is 1. The number of piperazine rings is 1. The van der Waals surface area contributed by atoms with Crippen LogP contribution >= 0.6 is 35.3 Å². The smallest absolute Gasteiger partial charge is 0.191 e. The lowest BCUT2D eigenvalue weighted by molar-refractivity contribution is 0.0782. The Labute approximate surface area is 153 Å². The SMILES string of the molecule is CC(C)OCCCN=C(N)N1CCN(c2nccs2)CC1.I. The largest absolute Gasteiger partial charge is 0.379 e. The minimum atomic E-state index is 0. The topological polar surface area (TPSA) is 67.0 Å². The summed E-state index contributed by atoms with van der Waals surface area (Å²) in [5.74, 6) is 0.651. The fourth-order valence-corrected chi connectivity index (χ4v) is 2.87. The second kappa shape index (κ2) is 10.2. The van der Waals surface area contributed by atoms with Gasteiger partial charge in [-0.3, -0.25) is 4.99 Å². The minimum Gasteiger partial charge on any atom is -0.379 e. The molecule has 0 aromatic carbocycles. The molecule has 1 aromatic rings. The van der Waals surface area contributed by atoms with Crippen LogP contribution in [0.3, 0.4) is 0 Å². The first-order valence-electron chi connectivity index (χ1n) is 7.47. The number of rotatable bonds is 6. The van der Waals surface area contributed by atoms with Crippen molar-refractivity contribution in [2.45, 2.75) is 26.4 Å². The van der Waals surface area contributed by atoms with E-state index < -0.39 is 0 Å². The van der Waals surface area contributed by atoms with Gasteiger partial charge in [0, 0.05) is 50.9 Å². The lowest BCUT2D eigenvalue weighted by Crippen LogP contribution is -2.51. The fourth-order valence-electron chi connectivity index (χ4n) is 2.18. The lowest BCUT2D eigenvalue weighted by Gasteiger charge is -2.35. The van der Waals surface area contributed by atoms with Crippen molar-refractivity contribution in [1.29, 1.82) is 0 Å². The second-order valence-electron chi connectivity index (χ2n) is 5.30. The molecule has 0 spiro atoms. The van der Waals surface area contributed by atoms with Crippen molar-refractivity contribution in [2.75, 3.05) is 44.2 Å². The number of hydrogen-bond donors (Lipinski definition) is 1. The van der Waals surface area contributed by atoms with Crippen molar-refractivity contribution in [3.8, 4) is 0 Å². The van der Waals surface area contributed by atoms with Gasteiger partial charge in [-0.1, -0.05) is 0 Å². The van der Waals surface area contributed by atoms with Crippen LogP contribution in [-0.4, -0.2) is 61.3 Å². The summed E-state index contributed by atoms with van der Waals surface area (Å²) < 4.78 is 5.49. The molecule has 1 aliphatic rings. The van der Waals surface area contributed by atoms with Crippen molar-refractivity contribution in [1.82, 2.24) is 9.88 Å². The summed E-state index contributed by atoms with van der Waals surface area (Å²) in [6.45, 7) is 9.24. The molecule has 2 heterocycles. The number of halogens is 1. The Kier molecular flexibility index (Phi) is 9.03. The molecule has 0 radical (unpaired) electrons. The van der Waals surface area contributed by atoms with Gasteiger partial charge in [0.25, 0.3) is 0 Å². The number of thiazole rings is 1. The second-order valence-corrected chi connectivity index (χ2v) is 6.17. The first-order chi connectivity index (χ1) is 10.2. The molecule has 6 nitrogen and oxygen atoms in total. The van der Waals surface area contributed by atoms with Gasteiger partial charge >= 0.3 is 0 Å². The van der Waals surface area contributed by atoms with Crippen LogP contribution in [0, 0.1) is 0 Å². The number of nitrogens with two attached hydrogens (primary N) is 1. The number of guanidine groups is 1. The highest BCUT2D eigenvalue weighted by Gasteiger charge is 2.19. The summed E-state index contributed by atoms with van der Waals surface area (Å²) in [6.07, 6.45) is 3.05.